The zero-order valence-corrected chi connectivity index (χ0v) is 32.1. The van der Waals surface area contributed by atoms with Gasteiger partial charge in [0.25, 0.3) is 5.91 Å². The smallest absolute Gasteiger partial charge is 0.408 e. The fourth-order valence-electron chi connectivity index (χ4n) is 7.64. The highest BCUT2D eigenvalue weighted by molar-refractivity contribution is 7.91. The standard InChI is InChI=1S/C38H50N6O9S/c1-6-22-19-38(22,35(47)43-54(49,50)25-13-14-25)42-32(45)29-18-24-20-44(29)34(46)31(37(2,3)4)41-36(48)53-30-16-21(30)10-8-7-9-11-27-33(52-24)40-28-17-23(51-5)12-15-26(28)39-27/h6,12,15,17,21-22,24-25,29-31H,1,7-11,13-14,16,18-20H2,2-5H3,(H,41,48)(H,42,45)(H,43,47)/t21?,22-,24-,29+,30?,31-,38-/m1/s1. The van der Waals surface area contributed by atoms with Crippen molar-refractivity contribution in [2.75, 3.05) is 13.7 Å². The van der Waals surface area contributed by atoms with E-state index in [0.717, 1.165) is 32.1 Å². The maximum atomic E-state index is 14.6. The molecule has 1 aromatic heterocycles. The molecule has 3 aliphatic carbocycles. The Morgan fingerprint density at radius 3 is 2.54 bits per heavy atom. The summed E-state index contributed by atoms with van der Waals surface area (Å²) in [6.07, 6.45) is 5.93. The van der Waals surface area contributed by atoms with Gasteiger partial charge in [0.05, 0.1) is 29.9 Å². The second-order valence-electron chi connectivity index (χ2n) is 16.5. The van der Waals surface area contributed by atoms with Gasteiger partial charge in [0.2, 0.25) is 27.7 Å². The Labute approximate surface area is 315 Å². The van der Waals surface area contributed by atoms with E-state index >= 15 is 0 Å². The van der Waals surface area contributed by atoms with Crippen LogP contribution in [0.25, 0.3) is 11.0 Å². The van der Waals surface area contributed by atoms with E-state index in [1.807, 2.05) is 32.9 Å². The molecule has 3 heterocycles. The van der Waals surface area contributed by atoms with Gasteiger partial charge in [-0.3, -0.25) is 19.1 Å². The summed E-state index contributed by atoms with van der Waals surface area (Å²) >= 11 is 0. The number of aromatic nitrogens is 2. The number of nitrogens with one attached hydrogen (secondary N) is 3. The van der Waals surface area contributed by atoms with Crippen LogP contribution in [0.1, 0.15) is 84.3 Å². The third kappa shape index (κ3) is 7.85. The molecule has 16 heteroatoms. The number of hydrogen-bond acceptors (Lipinski definition) is 11. The number of aryl methyl sites for hydroxylation is 1. The lowest BCUT2D eigenvalue weighted by Gasteiger charge is -2.35. The number of rotatable bonds is 7. The van der Waals surface area contributed by atoms with Gasteiger partial charge in [-0.1, -0.05) is 39.7 Å². The zero-order chi connectivity index (χ0) is 38.6. The predicted octanol–water partition coefficient (Wildman–Crippen LogP) is 3.30. The molecular formula is C38H50N6O9S. The van der Waals surface area contributed by atoms with Gasteiger partial charge < -0.3 is 29.7 Å². The van der Waals surface area contributed by atoms with Crippen molar-refractivity contribution in [1.82, 2.24) is 30.2 Å². The quantitative estimate of drug-likeness (QED) is 0.350. The first-order valence-electron chi connectivity index (χ1n) is 18.9. The van der Waals surface area contributed by atoms with E-state index in [9.17, 15) is 27.6 Å². The Bertz CT molecular complexity index is 1960. The van der Waals surface area contributed by atoms with Crippen LogP contribution < -0.4 is 24.8 Å². The molecule has 7 atom stereocenters. The van der Waals surface area contributed by atoms with Crippen molar-refractivity contribution >= 4 is 44.9 Å². The molecule has 2 unspecified atom stereocenters. The van der Waals surface area contributed by atoms with Gasteiger partial charge in [-0.05, 0) is 68.4 Å². The second-order valence-corrected chi connectivity index (χ2v) is 18.4. The van der Waals surface area contributed by atoms with E-state index in [1.165, 1.54) is 11.0 Å². The molecule has 3 saturated carbocycles. The average Bonchev–Trinajstić information content (AvgIpc) is 4.04. The van der Waals surface area contributed by atoms with Crippen LogP contribution in [0.4, 0.5) is 4.79 Å². The number of methoxy groups -OCH3 is 1. The number of carbonyl (C=O) groups excluding carboxylic acids is 4. The van der Waals surface area contributed by atoms with Crippen molar-refractivity contribution in [1.29, 1.82) is 0 Å². The number of sulfonamides is 1. The van der Waals surface area contributed by atoms with E-state index in [-0.39, 0.29) is 31.4 Å². The summed E-state index contributed by atoms with van der Waals surface area (Å²) in [6.45, 7) is 9.18. The second kappa shape index (κ2) is 14.3. The summed E-state index contributed by atoms with van der Waals surface area (Å²) in [7, 11) is -2.33. The lowest BCUT2D eigenvalue weighted by molar-refractivity contribution is -0.142. The summed E-state index contributed by atoms with van der Waals surface area (Å²) < 4.78 is 45.3. The Morgan fingerprint density at radius 2 is 1.85 bits per heavy atom. The molecule has 15 nitrogen and oxygen atoms in total. The highest BCUT2D eigenvalue weighted by atomic mass is 32.2. The Morgan fingerprint density at radius 1 is 1.07 bits per heavy atom. The molecule has 2 aromatic rings. The zero-order valence-electron chi connectivity index (χ0n) is 31.3. The van der Waals surface area contributed by atoms with Crippen LogP contribution in [0, 0.1) is 17.3 Å². The highest BCUT2D eigenvalue weighted by Gasteiger charge is 2.62. The van der Waals surface area contributed by atoms with Crippen LogP contribution in [0.3, 0.4) is 0 Å². The van der Waals surface area contributed by atoms with Crippen LogP contribution >= 0.6 is 0 Å². The maximum Gasteiger partial charge on any atom is 0.408 e. The van der Waals surface area contributed by atoms with Crippen molar-refractivity contribution in [2.24, 2.45) is 17.3 Å². The van der Waals surface area contributed by atoms with Crippen molar-refractivity contribution in [3.8, 4) is 11.6 Å². The van der Waals surface area contributed by atoms with Gasteiger partial charge in [-0.2, -0.15) is 0 Å². The number of fused-ring (bicyclic) bond motifs is 5. The maximum absolute atomic E-state index is 14.6. The fraction of sp³-hybridized carbons (Fsp3) is 0.632. The Hall–Kier alpha value is -4.47. The van der Waals surface area contributed by atoms with Gasteiger partial charge >= 0.3 is 6.09 Å². The van der Waals surface area contributed by atoms with Gasteiger partial charge in [-0.15, -0.1) is 6.58 Å². The van der Waals surface area contributed by atoms with Gasteiger partial charge in [0.1, 0.15) is 41.3 Å². The number of amides is 4. The molecule has 1 saturated heterocycles. The molecule has 4 fully saturated rings. The van der Waals surface area contributed by atoms with E-state index in [2.05, 4.69) is 21.9 Å². The number of nitrogens with zero attached hydrogens (tertiary/aromatic N) is 3. The number of carbonyl (C=O) groups is 4. The van der Waals surface area contributed by atoms with Crippen LogP contribution in [0.2, 0.25) is 0 Å². The monoisotopic (exact) mass is 766 g/mol. The molecule has 5 aliphatic rings. The molecule has 1 aromatic carbocycles. The average molecular weight is 767 g/mol. The van der Waals surface area contributed by atoms with Crippen molar-refractivity contribution < 1.29 is 41.8 Å². The normalized spacial score (nSPS) is 30.3. The van der Waals surface area contributed by atoms with E-state index < -0.39 is 74.1 Å². The molecule has 2 aliphatic heterocycles. The van der Waals surface area contributed by atoms with Crippen LogP contribution in [-0.4, -0.2) is 95.8 Å². The summed E-state index contributed by atoms with van der Waals surface area (Å²) in [6, 6.07) is 3.20. The topological polar surface area (TPSA) is 195 Å². The van der Waals surface area contributed by atoms with Gasteiger partial charge in [0, 0.05) is 18.4 Å². The van der Waals surface area contributed by atoms with Gasteiger partial charge in [-0.25, -0.2) is 23.2 Å². The summed E-state index contributed by atoms with van der Waals surface area (Å²) in [4.78, 5) is 66.8. The largest absolute Gasteiger partial charge is 0.497 e. The summed E-state index contributed by atoms with van der Waals surface area (Å²) in [5.41, 5.74) is -0.451. The molecule has 7 rings (SSSR count). The minimum absolute atomic E-state index is 0.0245. The minimum Gasteiger partial charge on any atom is -0.497 e. The Kier molecular flexibility index (Phi) is 10.0. The van der Waals surface area contributed by atoms with Crippen molar-refractivity contribution in [3.05, 3.63) is 36.5 Å². The molecule has 292 valence electrons. The van der Waals surface area contributed by atoms with Crippen LogP contribution in [-0.2, 0) is 35.6 Å². The summed E-state index contributed by atoms with van der Waals surface area (Å²) in [5, 5.41) is 4.96. The number of benzene rings is 1. The molecule has 3 N–H and O–H groups in total. The number of hydrogen-bond donors (Lipinski definition) is 3. The molecular weight excluding hydrogens is 717 g/mol. The van der Waals surface area contributed by atoms with Crippen LogP contribution in [0.5, 0.6) is 11.6 Å². The minimum atomic E-state index is -3.90. The predicted molar refractivity (Wildman–Crippen MR) is 197 cm³/mol. The lowest BCUT2D eigenvalue weighted by atomic mass is 9.85. The lowest BCUT2D eigenvalue weighted by Crippen LogP contribution is -2.60. The van der Waals surface area contributed by atoms with E-state index in [1.54, 1.807) is 13.2 Å². The first kappa shape index (κ1) is 37.8. The SMILES string of the molecule is C=C[C@@H]1C[C@]1(NC(=O)[C@@H]1C[C@@H]2CN1C(=O)[C@H](C(C)(C)C)NC(=O)OC1CC1CCCCCc1nc3ccc(OC)cc3nc1O2)C(=O)NS(=O)(=O)C1CC1. The molecule has 2 bridgehead atoms. The Balaban J connectivity index is 1.22. The van der Waals surface area contributed by atoms with Crippen LogP contribution in [0.15, 0.2) is 30.9 Å². The first-order chi connectivity index (χ1) is 25.6. The molecule has 0 spiro atoms. The fourth-order valence-corrected chi connectivity index (χ4v) is 9.00. The van der Waals surface area contributed by atoms with Crippen molar-refractivity contribution in [3.63, 3.8) is 0 Å². The molecule has 54 heavy (non-hydrogen) atoms. The molecule has 4 amide bonds. The third-order valence-corrected chi connectivity index (χ3v) is 13.1. The van der Waals surface area contributed by atoms with Gasteiger partial charge in [0.15, 0.2) is 0 Å². The molecule has 0 radical (unpaired) electrons. The van der Waals surface area contributed by atoms with E-state index in [0.29, 0.717) is 47.6 Å². The highest BCUT2D eigenvalue weighted by Crippen LogP contribution is 2.46. The third-order valence-electron chi connectivity index (χ3n) is 11.3. The first-order valence-corrected chi connectivity index (χ1v) is 20.5. The number of alkyl carbamates (subject to hydrolysis) is 1. The number of ether oxygens (including phenoxy) is 3. The van der Waals surface area contributed by atoms with Crippen molar-refractivity contribution in [2.45, 2.75) is 120 Å². The van der Waals surface area contributed by atoms with E-state index in [4.69, 9.17) is 24.2 Å². The summed E-state index contributed by atoms with van der Waals surface area (Å²) in [5.74, 6) is -1.39.